The van der Waals surface area contributed by atoms with Crippen LogP contribution in [0.25, 0.3) is 0 Å². The van der Waals surface area contributed by atoms with E-state index in [-0.39, 0.29) is 17.8 Å². The maximum absolute atomic E-state index is 11.4. The molecule has 0 aliphatic carbocycles. The van der Waals surface area contributed by atoms with Gasteiger partial charge < -0.3 is 9.47 Å². The smallest absolute Gasteiger partial charge is 0.191 e. The molecular weight excluding hydrogens is 168 g/mol. The van der Waals surface area contributed by atoms with E-state index < -0.39 is 6.10 Å². The summed E-state index contributed by atoms with van der Waals surface area (Å²) in [5.74, 6) is 0.289. The average Bonchev–Trinajstić information content (AvgIpc) is 2.08. The summed E-state index contributed by atoms with van der Waals surface area (Å²) < 4.78 is 10.7. The summed E-state index contributed by atoms with van der Waals surface area (Å²) in [5.41, 5.74) is 0. The minimum absolute atomic E-state index is 0.00630. The summed E-state index contributed by atoms with van der Waals surface area (Å²) in [4.78, 5) is 11.4. The second kappa shape index (κ2) is 4.42. The van der Waals surface area contributed by atoms with Crippen LogP contribution in [0.15, 0.2) is 12.3 Å². The Morgan fingerprint density at radius 3 is 2.85 bits per heavy atom. The maximum Gasteiger partial charge on any atom is 0.191 e. The largest absolute Gasteiger partial charge is 0.494 e. The fourth-order valence-corrected chi connectivity index (χ4v) is 1.39. The molecular formula is C10H16O3. The summed E-state index contributed by atoms with van der Waals surface area (Å²) in [6.07, 6.45) is 2.33. The molecule has 0 radical (unpaired) electrons. The van der Waals surface area contributed by atoms with Crippen LogP contribution in [0.5, 0.6) is 0 Å². The zero-order chi connectivity index (χ0) is 9.84. The molecule has 1 rings (SSSR count). The van der Waals surface area contributed by atoms with Crippen LogP contribution >= 0.6 is 0 Å². The quantitative estimate of drug-likeness (QED) is 0.667. The zero-order valence-corrected chi connectivity index (χ0v) is 8.32. The first kappa shape index (κ1) is 10.3. The third kappa shape index (κ3) is 2.31. The molecule has 1 heterocycles. The minimum Gasteiger partial charge on any atom is -0.494 e. The number of hydrogen-bond acceptors (Lipinski definition) is 3. The molecule has 0 fully saturated rings. The van der Waals surface area contributed by atoms with Crippen molar-refractivity contribution in [2.75, 3.05) is 6.61 Å². The standard InChI is InChI=1S/C10H16O3/c1-4-12-10-8(11)5-6-13-9(10)7(2)3/h5-7,9-10H,4H2,1-3H3/t9-,10+/m0/s1. The molecule has 0 bridgehead atoms. The van der Waals surface area contributed by atoms with Crippen LogP contribution in [0.1, 0.15) is 20.8 Å². The predicted molar refractivity (Wildman–Crippen MR) is 49.3 cm³/mol. The van der Waals surface area contributed by atoms with Gasteiger partial charge in [-0.05, 0) is 12.8 Å². The van der Waals surface area contributed by atoms with E-state index in [1.54, 1.807) is 0 Å². The van der Waals surface area contributed by atoms with Gasteiger partial charge in [-0.2, -0.15) is 0 Å². The number of carbonyl (C=O) groups is 1. The van der Waals surface area contributed by atoms with Crippen LogP contribution in [0.4, 0.5) is 0 Å². The molecule has 74 valence electrons. The molecule has 2 atom stereocenters. The third-order valence-electron chi connectivity index (χ3n) is 2.05. The Balaban J connectivity index is 2.71. The van der Waals surface area contributed by atoms with Gasteiger partial charge in [0.1, 0.15) is 6.10 Å². The molecule has 0 aromatic heterocycles. The van der Waals surface area contributed by atoms with E-state index in [2.05, 4.69) is 0 Å². The van der Waals surface area contributed by atoms with Gasteiger partial charge in [0, 0.05) is 12.7 Å². The average molecular weight is 184 g/mol. The fraction of sp³-hybridized carbons (Fsp3) is 0.700. The number of carbonyl (C=O) groups excluding carboxylic acids is 1. The fourth-order valence-electron chi connectivity index (χ4n) is 1.39. The van der Waals surface area contributed by atoms with Crippen molar-refractivity contribution < 1.29 is 14.3 Å². The first-order valence-electron chi connectivity index (χ1n) is 4.64. The molecule has 0 spiro atoms. The highest BCUT2D eigenvalue weighted by atomic mass is 16.5. The Bertz CT molecular complexity index is 208. The van der Waals surface area contributed by atoms with Gasteiger partial charge in [0.25, 0.3) is 0 Å². The van der Waals surface area contributed by atoms with E-state index in [0.717, 1.165) is 0 Å². The van der Waals surface area contributed by atoms with Crippen molar-refractivity contribution in [2.45, 2.75) is 33.0 Å². The summed E-state index contributed by atoms with van der Waals surface area (Å²) in [7, 11) is 0. The molecule has 0 unspecified atom stereocenters. The van der Waals surface area contributed by atoms with Crippen molar-refractivity contribution >= 4 is 5.78 Å². The number of rotatable bonds is 3. The molecule has 0 amide bonds. The Kier molecular flexibility index (Phi) is 3.48. The molecule has 0 saturated carbocycles. The first-order valence-corrected chi connectivity index (χ1v) is 4.64. The molecule has 3 nitrogen and oxygen atoms in total. The van der Waals surface area contributed by atoms with Gasteiger partial charge in [0.15, 0.2) is 11.9 Å². The molecule has 1 aliphatic rings. The lowest BCUT2D eigenvalue weighted by molar-refractivity contribution is -0.139. The van der Waals surface area contributed by atoms with Gasteiger partial charge in [-0.3, -0.25) is 4.79 Å². The van der Waals surface area contributed by atoms with Gasteiger partial charge in [-0.1, -0.05) is 13.8 Å². The zero-order valence-electron chi connectivity index (χ0n) is 8.32. The molecule has 0 aromatic rings. The first-order chi connectivity index (χ1) is 6.16. The Morgan fingerprint density at radius 2 is 2.31 bits per heavy atom. The van der Waals surface area contributed by atoms with Crippen molar-refractivity contribution in [1.29, 1.82) is 0 Å². The van der Waals surface area contributed by atoms with Crippen LogP contribution < -0.4 is 0 Å². The van der Waals surface area contributed by atoms with Crippen molar-refractivity contribution in [3.05, 3.63) is 12.3 Å². The lowest BCUT2D eigenvalue weighted by Crippen LogP contribution is -2.42. The highest BCUT2D eigenvalue weighted by Gasteiger charge is 2.33. The lowest BCUT2D eigenvalue weighted by atomic mass is 9.97. The van der Waals surface area contributed by atoms with Gasteiger partial charge in [0.2, 0.25) is 0 Å². The monoisotopic (exact) mass is 184 g/mol. The maximum atomic E-state index is 11.4. The topological polar surface area (TPSA) is 35.5 Å². The Labute approximate surface area is 78.7 Å². The number of ether oxygens (including phenoxy) is 2. The van der Waals surface area contributed by atoms with Gasteiger partial charge >= 0.3 is 0 Å². The van der Waals surface area contributed by atoms with Crippen molar-refractivity contribution in [3.63, 3.8) is 0 Å². The Morgan fingerprint density at radius 1 is 1.62 bits per heavy atom. The van der Waals surface area contributed by atoms with Crippen molar-refractivity contribution in [2.24, 2.45) is 5.92 Å². The molecule has 0 N–H and O–H groups in total. The highest BCUT2D eigenvalue weighted by molar-refractivity contribution is 5.94. The normalized spacial score (nSPS) is 27.8. The van der Waals surface area contributed by atoms with Gasteiger partial charge in [-0.25, -0.2) is 0 Å². The summed E-state index contributed by atoms with van der Waals surface area (Å²) in [5, 5.41) is 0. The van der Waals surface area contributed by atoms with E-state index in [0.29, 0.717) is 6.61 Å². The second-order valence-corrected chi connectivity index (χ2v) is 3.43. The van der Waals surface area contributed by atoms with Crippen LogP contribution in [-0.2, 0) is 14.3 Å². The number of ketones is 1. The molecule has 1 aliphatic heterocycles. The summed E-state index contributed by atoms with van der Waals surface area (Å²) in [6.45, 7) is 6.45. The highest BCUT2D eigenvalue weighted by Crippen LogP contribution is 2.19. The van der Waals surface area contributed by atoms with Crippen LogP contribution in [0.2, 0.25) is 0 Å². The van der Waals surface area contributed by atoms with E-state index >= 15 is 0 Å². The predicted octanol–water partition coefficient (Wildman–Crippen LogP) is 1.53. The van der Waals surface area contributed by atoms with Crippen LogP contribution in [0.3, 0.4) is 0 Å². The van der Waals surface area contributed by atoms with Crippen molar-refractivity contribution in [1.82, 2.24) is 0 Å². The lowest BCUT2D eigenvalue weighted by Gasteiger charge is -2.30. The molecule has 0 saturated heterocycles. The molecule has 13 heavy (non-hydrogen) atoms. The summed E-state index contributed by atoms with van der Waals surface area (Å²) in [6, 6.07) is 0. The van der Waals surface area contributed by atoms with Gasteiger partial charge in [-0.15, -0.1) is 0 Å². The summed E-state index contributed by atoms with van der Waals surface area (Å²) >= 11 is 0. The second-order valence-electron chi connectivity index (χ2n) is 3.43. The Hall–Kier alpha value is -0.830. The molecule has 3 heteroatoms. The molecule has 0 aromatic carbocycles. The SMILES string of the molecule is CCO[C@@H]1C(=O)C=CO[C@H]1C(C)C. The van der Waals surface area contributed by atoms with E-state index in [4.69, 9.17) is 9.47 Å². The van der Waals surface area contributed by atoms with Crippen LogP contribution in [0, 0.1) is 5.92 Å². The van der Waals surface area contributed by atoms with Crippen molar-refractivity contribution in [3.8, 4) is 0 Å². The van der Waals surface area contributed by atoms with Crippen LogP contribution in [-0.4, -0.2) is 24.6 Å². The van der Waals surface area contributed by atoms with Gasteiger partial charge in [0.05, 0.1) is 6.26 Å². The number of hydrogen-bond donors (Lipinski definition) is 0. The van der Waals surface area contributed by atoms with E-state index in [1.165, 1.54) is 12.3 Å². The third-order valence-corrected chi connectivity index (χ3v) is 2.05. The van der Waals surface area contributed by atoms with E-state index in [1.807, 2.05) is 20.8 Å². The van der Waals surface area contributed by atoms with E-state index in [9.17, 15) is 4.79 Å². The minimum atomic E-state index is -0.421.